The summed E-state index contributed by atoms with van der Waals surface area (Å²) in [5, 5.41) is 8.70. The van der Waals surface area contributed by atoms with Crippen molar-refractivity contribution < 1.29 is 9.53 Å². The van der Waals surface area contributed by atoms with Gasteiger partial charge in [0.1, 0.15) is 5.75 Å². The van der Waals surface area contributed by atoms with E-state index in [1.54, 1.807) is 0 Å². The largest absolute Gasteiger partial charge is 0.494 e. The molecule has 5 heteroatoms. The van der Waals surface area contributed by atoms with Crippen LogP contribution in [0, 0.1) is 0 Å². The Balaban J connectivity index is 1.52. The van der Waals surface area contributed by atoms with Crippen molar-refractivity contribution in [3.05, 3.63) is 66.2 Å². The molecule has 1 heterocycles. The number of nitrogens with one attached hydrogen (secondary N) is 2. The van der Waals surface area contributed by atoms with Gasteiger partial charge >= 0.3 is 0 Å². The first-order valence-corrected chi connectivity index (χ1v) is 11.2. The van der Waals surface area contributed by atoms with E-state index in [0.717, 1.165) is 54.6 Å². The Morgan fingerprint density at radius 1 is 1.06 bits per heavy atom. The maximum Gasteiger partial charge on any atom is 0.255 e. The molecule has 162 valence electrons. The molecule has 1 aliphatic heterocycles. The summed E-state index contributed by atoms with van der Waals surface area (Å²) in [6.45, 7) is 4.87. The van der Waals surface area contributed by atoms with Gasteiger partial charge in [0, 0.05) is 46.8 Å². The maximum atomic E-state index is 12.9. The van der Waals surface area contributed by atoms with Gasteiger partial charge < -0.3 is 20.3 Å². The van der Waals surface area contributed by atoms with Crippen molar-refractivity contribution >= 4 is 28.1 Å². The van der Waals surface area contributed by atoms with Crippen molar-refractivity contribution in [2.75, 3.05) is 37.0 Å². The molecule has 0 saturated carbocycles. The van der Waals surface area contributed by atoms with Gasteiger partial charge in [-0.1, -0.05) is 37.6 Å². The van der Waals surface area contributed by atoms with Gasteiger partial charge in [-0.2, -0.15) is 0 Å². The fraction of sp³-hybridized carbons (Fsp3) is 0.346. The SMILES string of the molecule is CCCCOc1ccc(C(=O)Nc2ccc(N3CCC(NC)C3)c3ccccc23)cc1. The summed E-state index contributed by atoms with van der Waals surface area (Å²) >= 11 is 0. The Hall–Kier alpha value is -3.05. The topological polar surface area (TPSA) is 53.6 Å². The summed E-state index contributed by atoms with van der Waals surface area (Å²) in [5.41, 5.74) is 2.67. The summed E-state index contributed by atoms with van der Waals surface area (Å²) in [6, 6.07) is 20.3. The van der Waals surface area contributed by atoms with Gasteiger partial charge in [-0.15, -0.1) is 0 Å². The molecule has 1 fully saturated rings. The maximum absolute atomic E-state index is 12.9. The molecule has 0 aliphatic carbocycles. The first-order chi connectivity index (χ1) is 15.2. The standard InChI is InChI=1S/C26H31N3O2/c1-3-4-17-31-21-11-9-19(10-12-21)26(30)28-24-13-14-25(23-8-6-5-7-22(23)24)29-16-15-20(18-29)27-2/h5-14,20,27H,3-4,15-18H2,1-2H3,(H,28,30). The summed E-state index contributed by atoms with van der Waals surface area (Å²) in [5.74, 6) is 0.680. The van der Waals surface area contributed by atoms with Gasteiger partial charge in [0.15, 0.2) is 0 Å². The lowest BCUT2D eigenvalue weighted by Gasteiger charge is -2.22. The van der Waals surface area contributed by atoms with Crippen LogP contribution in [0.2, 0.25) is 0 Å². The van der Waals surface area contributed by atoms with Crippen LogP contribution in [-0.4, -0.2) is 38.7 Å². The quantitative estimate of drug-likeness (QED) is 0.503. The molecule has 2 N–H and O–H groups in total. The normalized spacial score (nSPS) is 15.9. The zero-order valence-electron chi connectivity index (χ0n) is 18.4. The molecular formula is C26H31N3O2. The van der Waals surface area contributed by atoms with E-state index in [0.29, 0.717) is 18.2 Å². The average molecular weight is 418 g/mol. The second-order valence-electron chi connectivity index (χ2n) is 8.08. The molecule has 5 nitrogen and oxygen atoms in total. The number of hydrogen-bond donors (Lipinski definition) is 2. The fourth-order valence-electron chi connectivity index (χ4n) is 4.11. The number of carbonyl (C=O) groups is 1. The molecule has 0 radical (unpaired) electrons. The van der Waals surface area contributed by atoms with Crippen LogP contribution in [0.25, 0.3) is 10.8 Å². The Labute approximate surface area is 184 Å². The number of carbonyl (C=O) groups excluding carboxylic acids is 1. The summed E-state index contributed by atoms with van der Waals surface area (Å²) in [7, 11) is 2.02. The third-order valence-electron chi connectivity index (χ3n) is 5.97. The van der Waals surface area contributed by atoms with Crippen LogP contribution in [-0.2, 0) is 0 Å². The zero-order chi connectivity index (χ0) is 21.6. The third-order valence-corrected chi connectivity index (χ3v) is 5.97. The lowest BCUT2D eigenvalue weighted by atomic mass is 10.1. The van der Waals surface area contributed by atoms with E-state index < -0.39 is 0 Å². The highest BCUT2D eigenvalue weighted by atomic mass is 16.5. The number of benzene rings is 3. The molecule has 1 atom stereocenters. The number of hydrogen-bond acceptors (Lipinski definition) is 4. The fourth-order valence-corrected chi connectivity index (χ4v) is 4.11. The van der Waals surface area contributed by atoms with Crippen LogP contribution in [0.3, 0.4) is 0 Å². The van der Waals surface area contributed by atoms with E-state index in [9.17, 15) is 4.79 Å². The van der Waals surface area contributed by atoms with E-state index in [4.69, 9.17) is 4.74 Å². The van der Waals surface area contributed by atoms with E-state index in [1.807, 2.05) is 43.4 Å². The molecular weight excluding hydrogens is 386 g/mol. The number of likely N-dealkylation sites (N-methyl/N-ethyl adjacent to an activating group) is 1. The van der Waals surface area contributed by atoms with E-state index in [2.05, 4.69) is 46.7 Å². The minimum absolute atomic E-state index is 0.116. The lowest BCUT2D eigenvalue weighted by molar-refractivity contribution is 0.102. The van der Waals surface area contributed by atoms with Crippen molar-refractivity contribution in [1.29, 1.82) is 0 Å². The molecule has 0 spiro atoms. The molecule has 31 heavy (non-hydrogen) atoms. The monoisotopic (exact) mass is 417 g/mol. The van der Waals surface area contributed by atoms with Crippen molar-refractivity contribution in [3.63, 3.8) is 0 Å². The van der Waals surface area contributed by atoms with Gasteiger partial charge in [0.05, 0.1) is 6.61 Å². The number of nitrogens with zero attached hydrogens (tertiary/aromatic N) is 1. The van der Waals surface area contributed by atoms with Crippen LogP contribution < -0.4 is 20.3 Å². The van der Waals surface area contributed by atoms with Crippen molar-refractivity contribution in [3.8, 4) is 5.75 Å². The molecule has 0 aromatic heterocycles. The van der Waals surface area contributed by atoms with Gasteiger partial charge in [-0.25, -0.2) is 0 Å². The van der Waals surface area contributed by atoms with Gasteiger partial charge in [0.2, 0.25) is 0 Å². The second-order valence-corrected chi connectivity index (χ2v) is 8.08. The van der Waals surface area contributed by atoms with Crippen molar-refractivity contribution in [1.82, 2.24) is 5.32 Å². The summed E-state index contributed by atoms with van der Waals surface area (Å²) < 4.78 is 5.69. The molecule has 1 aliphatic rings. The predicted molar refractivity (Wildman–Crippen MR) is 128 cm³/mol. The first kappa shape index (κ1) is 21.2. The van der Waals surface area contributed by atoms with Crippen LogP contribution in [0.15, 0.2) is 60.7 Å². The van der Waals surface area contributed by atoms with Crippen LogP contribution >= 0.6 is 0 Å². The highest BCUT2D eigenvalue weighted by molar-refractivity contribution is 6.11. The molecule has 3 aromatic carbocycles. The Kier molecular flexibility index (Phi) is 6.73. The van der Waals surface area contributed by atoms with Gasteiger partial charge in [0.25, 0.3) is 5.91 Å². The molecule has 3 aromatic rings. The van der Waals surface area contributed by atoms with Gasteiger partial charge in [-0.3, -0.25) is 4.79 Å². The molecule has 4 rings (SSSR count). The zero-order valence-corrected chi connectivity index (χ0v) is 18.4. The third kappa shape index (κ3) is 4.83. The summed E-state index contributed by atoms with van der Waals surface area (Å²) in [6.07, 6.45) is 3.26. The van der Waals surface area contributed by atoms with E-state index in [1.165, 1.54) is 5.69 Å². The molecule has 0 bridgehead atoms. The highest BCUT2D eigenvalue weighted by Crippen LogP contribution is 2.34. The van der Waals surface area contributed by atoms with Crippen LogP contribution in [0.5, 0.6) is 5.75 Å². The molecule has 1 amide bonds. The number of ether oxygens (including phenoxy) is 1. The van der Waals surface area contributed by atoms with Crippen molar-refractivity contribution in [2.24, 2.45) is 0 Å². The van der Waals surface area contributed by atoms with E-state index in [-0.39, 0.29) is 5.91 Å². The van der Waals surface area contributed by atoms with Crippen molar-refractivity contribution in [2.45, 2.75) is 32.2 Å². The minimum atomic E-state index is -0.116. The smallest absolute Gasteiger partial charge is 0.255 e. The first-order valence-electron chi connectivity index (χ1n) is 11.2. The Bertz CT molecular complexity index is 1030. The predicted octanol–water partition coefficient (Wildman–Crippen LogP) is 5.07. The van der Waals surface area contributed by atoms with E-state index >= 15 is 0 Å². The summed E-state index contributed by atoms with van der Waals surface area (Å²) in [4.78, 5) is 15.3. The average Bonchev–Trinajstić information content (AvgIpc) is 3.29. The number of anilines is 2. The number of amides is 1. The minimum Gasteiger partial charge on any atom is -0.494 e. The second kappa shape index (κ2) is 9.84. The molecule has 1 unspecified atom stereocenters. The Morgan fingerprint density at radius 3 is 2.55 bits per heavy atom. The number of fused-ring (bicyclic) bond motifs is 1. The van der Waals surface area contributed by atoms with Gasteiger partial charge in [-0.05, 0) is 56.3 Å². The van der Waals surface area contributed by atoms with Crippen LogP contribution in [0.4, 0.5) is 11.4 Å². The van der Waals surface area contributed by atoms with Crippen LogP contribution in [0.1, 0.15) is 36.5 Å². The molecule has 1 saturated heterocycles. The highest BCUT2D eigenvalue weighted by Gasteiger charge is 2.23. The number of rotatable bonds is 8. The Morgan fingerprint density at radius 2 is 1.84 bits per heavy atom. The number of unbranched alkanes of at least 4 members (excludes halogenated alkanes) is 1. The lowest BCUT2D eigenvalue weighted by Crippen LogP contribution is -2.29.